The van der Waals surface area contributed by atoms with E-state index >= 15 is 0 Å². The van der Waals surface area contributed by atoms with Crippen LogP contribution in [0.4, 0.5) is 14.5 Å². The first kappa shape index (κ1) is 13.0. The molecule has 0 heterocycles. The van der Waals surface area contributed by atoms with Crippen molar-refractivity contribution in [1.82, 2.24) is 5.32 Å². The van der Waals surface area contributed by atoms with Gasteiger partial charge in [-0.15, -0.1) is 0 Å². The van der Waals surface area contributed by atoms with Gasteiger partial charge < -0.3 is 16.4 Å². The zero-order valence-electron chi connectivity index (χ0n) is 8.80. The van der Waals surface area contributed by atoms with E-state index in [0.29, 0.717) is 0 Å². The molecule has 0 unspecified atom stereocenters. The Bertz CT molecular complexity index is 438. The van der Waals surface area contributed by atoms with Crippen LogP contribution in [0.15, 0.2) is 18.2 Å². The van der Waals surface area contributed by atoms with Gasteiger partial charge in [-0.05, 0) is 12.1 Å². The molecule has 0 aliphatic rings. The summed E-state index contributed by atoms with van der Waals surface area (Å²) in [5.74, 6) is -3.59. The fourth-order valence-electron chi connectivity index (χ4n) is 1.04. The SMILES string of the molecule is NCCNC(=O)C(=O)Nc1cc(F)ccc1F. The number of nitrogens with one attached hydrogen (secondary N) is 2. The summed E-state index contributed by atoms with van der Waals surface area (Å²) in [6.45, 7) is 0.297. The van der Waals surface area contributed by atoms with Crippen LogP contribution < -0.4 is 16.4 Å². The van der Waals surface area contributed by atoms with Crippen molar-refractivity contribution in [3.05, 3.63) is 29.8 Å². The molecule has 0 aliphatic heterocycles. The molecule has 17 heavy (non-hydrogen) atoms. The highest BCUT2D eigenvalue weighted by Crippen LogP contribution is 2.14. The van der Waals surface area contributed by atoms with Crippen molar-refractivity contribution >= 4 is 17.5 Å². The lowest BCUT2D eigenvalue weighted by Crippen LogP contribution is -2.38. The molecule has 0 aromatic heterocycles. The van der Waals surface area contributed by atoms with Crippen molar-refractivity contribution in [3.63, 3.8) is 0 Å². The largest absolute Gasteiger partial charge is 0.347 e. The summed E-state index contributed by atoms with van der Waals surface area (Å²) in [6, 6.07) is 2.53. The van der Waals surface area contributed by atoms with Gasteiger partial charge in [0, 0.05) is 19.2 Å². The first-order chi connectivity index (χ1) is 8.04. The van der Waals surface area contributed by atoms with E-state index in [9.17, 15) is 18.4 Å². The van der Waals surface area contributed by atoms with Crippen LogP contribution >= 0.6 is 0 Å². The molecule has 5 nitrogen and oxygen atoms in total. The third-order valence-electron chi connectivity index (χ3n) is 1.81. The summed E-state index contributed by atoms with van der Waals surface area (Å²) >= 11 is 0. The number of carbonyl (C=O) groups excluding carboxylic acids is 2. The molecule has 7 heteroatoms. The highest BCUT2D eigenvalue weighted by Gasteiger charge is 2.15. The van der Waals surface area contributed by atoms with Crippen LogP contribution in [0, 0.1) is 11.6 Å². The van der Waals surface area contributed by atoms with Crippen molar-refractivity contribution in [2.24, 2.45) is 5.73 Å². The summed E-state index contributed by atoms with van der Waals surface area (Å²) in [5, 5.41) is 4.15. The second kappa shape index (κ2) is 5.90. The summed E-state index contributed by atoms with van der Waals surface area (Å²) in [7, 11) is 0. The van der Waals surface area contributed by atoms with Crippen LogP contribution in [0.25, 0.3) is 0 Å². The van der Waals surface area contributed by atoms with Crippen molar-refractivity contribution < 1.29 is 18.4 Å². The summed E-state index contributed by atoms with van der Waals surface area (Å²) < 4.78 is 25.9. The number of nitrogens with two attached hydrogens (primary N) is 1. The molecule has 1 rings (SSSR count). The van der Waals surface area contributed by atoms with E-state index in [0.717, 1.165) is 18.2 Å². The number of carbonyl (C=O) groups is 2. The zero-order valence-corrected chi connectivity index (χ0v) is 8.80. The lowest BCUT2D eigenvalue weighted by atomic mass is 10.3. The van der Waals surface area contributed by atoms with Gasteiger partial charge in [0.15, 0.2) is 0 Å². The first-order valence-corrected chi connectivity index (χ1v) is 4.79. The molecule has 0 saturated heterocycles. The van der Waals surface area contributed by atoms with Crippen LogP contribution in [0.5, 0.6) is 0 Å². The maximum absolute atomic E-state index is 13.1. The molecule has 4 N–H and O–H groups in total. The summed E-state index contributed by atoms with van der Waals surface area (Å²) in [5.41, 5.74) is 4.73. The predicted molar refractivity (Wildman–Crippen MR) is 57.1 cm³/mol. The fraction of sp³-hybridized carbons (Fsp3) is 0.200. The van der Waals surface area contributed by atoms with E-state index in [1.807, 2.05) is 5.32 Å². The Morgan fingerprint density at radius 1 is 1.24 bits per heavy atom. The van der Waals surface area contributed by atoms with Gasteiger partial charge in [-0.1, -0.05) is 0 Å². The minimum absolute atomic E-state index is 0.123. The molecule has 0 fully saturated rings. The summed E-state index contributed by atoms with van der Waals surface area (Å²) in [4.78, 5) is 22.3. The zero-order chi connectivity index (χ0) is 12.8. The van der Waals surface area contributed by atoms with Gasteiger partial charge in [-0.2, -0.15) is 0 Å². The normalized spacial score (nSPS) is 9.82. The number of amides is 2. The third kappa shape index (κ3) is 3.80. The van der Waals surface area contributed by atoms with E-state index in [1.54, 1.807) is 0 Å². The Labute approximate surface area is 96.0 Å². The van der Waals surface area contributed by atoms with Crippen molar-refractivity contribution in [3.8, 4) is 0 Å². The van der Waals surface area contributed by atoms with E-state index in [2.05, 4.69) is 5.32 Å². The Kier molecular flexibility index (Phi) is 4.53. The Morgan fingerprint density at radius 3 is 2.59 bits per heavy atom. The Balaban J connectivity index is 2.67. The monoisotopic (exact) mass is 243 g/mol. The highest BCUT2D eigenvalue weighted by atomic mass is 19.1. The van der Waals surface area contributed by atoms with E-state index in [4.69, 9.17) is 5.73 Å². The molecule has 1 aromatic carbocycles. The number of hydrogen-bond donors (Lipinski definition) is 3. The third-order valence-corrected chi connectivity index (χ3v) is 1.81. The molecule has 0 radical (unpaired) electrons. The quantitative estimate of drug-likeness (QED) is 0.652. The van der Waals surface area contributed by atoms with E-state index < -0.39 is 29.1 Å². The standard InChI is InChI=1S/C10H11F2N3O2/c11-6-1-2-7(12)8(5-6)15-10(17)9(16)14-4-3-13/h1-2,5H,3-4,13H2,(H,14,16)(H,15,17). The van der Waals surface area contributed by atoms with Crippen LogP contribution in [0.1, 0.15) is 0 Å². The molecule has 2 amide bonds. The van der Waals surface area contributed by atoms with Crippen molar-refractivity contribution in [1.29, 1.82) is 0 Å². The van der Waals surface area contributed by atoms with Crippen LogP contribution in [-0.2, 0) is 9.59 Å². The molecule has 0 bridgehead atoms. The van der Waals surface area contributed by atoms with Gasteiger partial charge >= 0.3 is 11.8 Å². The van der Waals surface area contributed by atoms with Gasteiger partial charge in [-0.25, -0.2) is 8.78 Å². The van der Waals surface area contributed by atoms with Gasteiger partial charge in [0.1, 0.15) is 11.6 Å². The van der Waals surface area contributed by atoms with E-state index in [-0.39, 0.29) is 13.1 Å². The minimum Gasteiger partial charge on any atom is -0.347 e. The Morgan fingerprint density at radius 2 is 1.94 bits per heavy atom. The molecule has 0 saturated carbocycles. The van der Waals surface area contributed by atoms with Gasteiger partial charge in [-0.3, -0.25) is 9.59 Å². The van der Waals surface area contributed by atoms with Crippen LogP contribution in [0.2, 0.25) is 0 Å². The van der Waals surface area contributed by atoms with Crippen molar-refractivity contribution in [2.45, 2.75) is 0 Å². The van der Waals surface area contributed by atoms with Crippen LogP contribution in [0.3, 0.4) is 0 Å². The second-order valence-electron chi connectivity index (χ2n) is 3.12. The molecule has 92 valence electrons. The number of rotatable bonds is 3. The van der Waals surface area contributed by atoms with Crippen molar-refractivity contribution in [2.75, 3.05) is 18.4 Å². The maximum atomic E-state index is 13.1. The maximum Gasteiger partial charge on any atom is 0.313 e. The number of benzene rings is 1. The smallest absolute Gasteiger partial charge is 0.313 e. The second-order valence-corrected chi connectivity index (χ2v) is 3.12. The topological polar surface area (TPSA) is 84.2 Å². The highest BCUT2D eigenvalue weighted by molar-refractivity contribution is 6.39. The lowest BCUT2D eigenvalue weighted by molar-refractivity contribution is -0.136. The fourth-order valence-corrected chi connectivity index (χ4v) is 1.04. The van der Waals surface area contributed by atoms with Gasteiger partial charge in [0.25, 0.3) is 0 Å². The average Bonchev–Trinajstić information content (AvgIpc) is 2.30. The number of halogens is 2. The average molecular weight is 243 g/mol. The minimum atomic E-state index is -1.08. The molecule has 0 aliphatic carbocycles. The van der Waals surface area contributed by atoms with Gasteiger partial charge in [0.2, 0.25) is 0 Å². The van der Waals surface area contributed by atoms with E-state index in [1.165, 1.54) is 0 Å². The number of anilines is 1. The lowest BCUT2D eigenvalue weighted by Gasteiger charge is -2.06. The van der Waals surface area contributed by atoms with Gasteiger partial charge in [0.05, 0.1) is 5.69 Å². The summed E-state index contributed by atoms with van der Waals surface area (Å²) in [6.07, 6.45) is 0. The molecule has 0 spiro atoms. The molecular weight excluding hydrogens is 232 g/mol. The molecular formula is C10H11F2N3O2. The first-order valence-electron chi connectivity index (χ1n) is 4.79. The predicted octanol–water partition coefficient (Wildman–Crippen LogP) is -0.0218. The van der Waals surface area contributed by atoms with Crippen LogP contribution in [-0.4, -0.2) is 24.9 Å². The Hall–Kier alpha value is -2.02. The number of hydrogen-bond acceptors (Lipinski definition) is 3. The molecule has 0 atom stereocenters. The molecule has 1 aromatic rings.